The monoisotopic (exact) mass is 259 g/mol. The van der Waals surface area contributed by atoms with Gasteiger partial charge in [0.15, 0.2) is 0 Å². The van der Waals surface area contributed by atoms with Crippen LogP contribution in [0, 0.1) is 5.92 Å². The van der Waals surface area contributed by atoms with Gasteiger partial charge in [0, 0.05) is 24.0 Å². The van der Waals surface area contributed by atoms with Crippen LogP contribution in [-0.4, -0.2) is 33.7 Å². The molecule has 3 rings (SSSR count). The van der Waals surface area contributed by atoms with Crippen molar-refractivity contribution in [3.63, 3.8) is 0 Å². The van der Waals surface area contributed by atoms with E-state index in [0.29, 0.717) is 13.0 Å². The Morgan fingerprint density at radius 3 is 3.16 bits per heavy atom. The van der Waals surface area contributed by atoms with E-state index >= 15 is 0 Å². The molecule has 2 N–H and O–H groups in total. The average molecular weight is 259 g/mol. The summed E-state index contributed by atoms with van der Waals surface area (Å²) in [5.74, 6) is -0.982. The van der Waals surface area contributed by atoms with Gasteiger partial charge in [-0.05, 0) is 24.1 Å². The zero-order chi connectivity index (χ0) is 13.4. The molecule has 0 aliphatic carbocycles. The molecule has 0 radical (unpaired) electrons. The van der Waals surface area contributed by atoms with Crippen LogP contribution in [-0.2, 0) is 9.59 Å². The van der Waals surface area contributed by atoms with Crippen molar-refractivity contribution in [1.29, 1.82) is 0 Å². The molecule has 6 nitrogen and oxygen atoms in total. The second-order valence-corrected chi connectivity index (χ2v) is 4.81. The van der Waals surface area contributed by atoms with Gasteiger partial charge in [-0.1, -0.05) is 0 Å². The lowest BCUT2D eigenvalue weighted by Crippen LogP contribution is -2.24. The lowest BCUT2D eigenvalue weighted by molar-refractivity contribution is -0.137. The smallest absolute Gasteiger partial charge is 0.303 e. The van der Waals surface area contributed by atoms with E-state index in [1.54, 1.807) is 11.1 Å². The Balaban J connectivity index is 1.85. The van der Waals surface area contributed by atoms with Crippen LogP contribution < -0.4 is 4.90 Å². The molecule has 2 heterocycles. The molecule has 1 unspecified atom stereocenters. The van der Waals surface area contributed by atoms with Gasteiger partial charge in [-0.15, -0.1) is 0 Å². The minimum absolute atomic E-state index is 0.0194. The zero-order valence-corrected chi connectivity index (χ0v) is 10.2. The van der Waals surface area contributed by atoms with Crippen LogP contribution in [0.5, 0.6) is 0 Å². The Morgan fingerprint density at radius 1 is 1.53 bits per heavy atom. The quantitative estimate of drug-likeness (QED) is 0.872. The normalized spacial score (nSPS) is 19.3. The number of carboxylic acid groups (broad SMARTS) is 1. The Morgan fingerprint density at radius 2 is 2.37 bits per heavy atom. The summed E-state index contributed by atoms with van der Waals surface area (Å²) >= 11 is 0. The van der Waals surface area contributed by atoms with Gasteiger partial charge < -0.3 is 10.0 Å². The number of aromatic amines is 1. The number of anilines is 1. The summed E-state index contributed by atoms with van der Waals surface area (Å²) in [4.78, 5) is 24.3. The van der Waals surface area contributed by atoms with Gasteiger partial charge >= 0.3 is 5.97 Å². The number of benzene rings is 1. The lowest BCUT2D eigenvalue weighted by atomic mass is 10.1. The highest BCUT2D eigenvalue weighted by Crippen LogP contribution is 2.28. The van der Waals surface area contributed by atoms with Crippen LogP contribution in [0.1, 0.15) is 12.8 Å². The van der Waals surface area contributed by atoms with Gasteiger partial charge in [0.2, 0.25) is 5.91 Å². The SMILES string of the molecule is O=C(O)CC1CC(=O)N(c2ccc3[nH]ncc3c2)C1. The summed E-state index contributed by atoms with van der Waals surface area (Å²) in [6.07, 6.45) is 2.04. The third-order valence-corrected chi connectivity index (χ3v) is 3.40. The third kappa shape index (κ3) is 2.16. The first kappa shape index (κ1) is 11.7. The maximum absolute atomic E-state index is 12.0. The number of hydrogen-bond donors (Lipinski definition) is 2. The van der Waals surface area contributed by atoms with E-state index in [-0.39, 0.29) is 18.2 Å². The van der Waals surface area contributed by atoms with E-state index < -0.39 is 5.97 Å². The predicted octanol–water partition coefficient (Wildman–Crippen LogP) is 1.39. The number of carboxylic acids is 1. The standard InChI is InChI=1S/C13H13N3O3/c17-12-3-8(4-13(18)19)7-16(12)10-1-2-11-9(5-10)6-14-15-11/h1-2,5-6,8H,3-4,7H2,(H,14,15)(H,18,19). The van der Waals surface area contributed by atoms with E-state index in [0.717, 1.165) is 16.6 Å². The van der Waals surface area contributed by atoms with Crippen molar-refractivity contribution in [2.75, 3.05) is 11.4 Å². The van der Waals surface area contributed by atoms with Gasteiger partial charge in [0.1, 0.15) is 0 Å². The van der Waals surface area contributed by atoms with Gasteiger partial charge in [-0.2, -0.15) is 5.10 Å². The molecule has 1 saturated heterocycles. The topological polar surface area (TPSA) is 86.3 Å². The number of rotatable bonds is 3. The van der Waals surface area contributed by atoms with Crippen LogP contribution in [0.15, 0.2) is 24.4 Å². The highest BCUT2D eigenvalue weighted by molar-refractivity contribution is 5.98. The van der Waals surface area contributed by atoms with E-state index in [1.807, 2.05) is 18.2 Å². The molecule has 19 heavy (non-hydrogen) atoms. The third-order valence-electron chi connectivity index (χ3n) is 3.40. The molecule has 1 aliphatic heterocycles. The molecule has 2 aromatic rings. The number of nitrogens with zero attached hydrogens (tertiary/aromatic N) is 2. The van der Waals surface area contributed by atoms with E-state index in [2.05, 4.69) is 10.2 Å². The molecule has 1 amide bonds. The minimum Gasteiger partial charge on any atom is -0.481 e. The first-order valence-corrected chi connectivity index (χ1v) is 6.09. The second kappa shape index (κ2) is 4.38. The first-order valence-electron chi connectivity index (χ1n) is 6.09. The number of aromatic nitrogens is 2. The Hall–Kier alpha value is -2.37. The number of hydrogen-bond acceptors (Lipinski definition) is 3. The fraction of sp³-hybridized carbons (Fsp3) is 0.308. The molecule has 1 atom stereocenters. The molecule has 6 heteroatoms. The van der Waals surface area contributed by atoms with Crippen molar-refractivity contribution in [3.8, 4) is 0 Å². The van der Waals surface area contributed by atoms with Gasteiger partial charge in [-0.3, -0.25) is 14.7 Å². The maximum atomic E-state index is 12.0. The summed E-state index contributed by atoms with van der Waals surface area (Å²) in [6.45, 7) is 0.467. The average Bonchev–Trinajstić information content (AvgIpc) is 2.93. The summed E-state index contributed by atoms with van der Waals surface area (Å²) in [5.41, 5.74) is 1.71. The number of aliphatic carboxylic acids is 1. The molecule has 1 aliphatic rings. The van der Waals surface area contributed by atoms with Crippen molar-refractivity contribution in [1.82, 2.24) is 10.2 Å². The van der Waals surface area contributed by atoms with Crippen molar-refractivity contribution in [3.05, 3.63) is 24.4 Å². The molecule has 1 aromatic carbocycles. The Bertz CT molecular complexity index is 649. The number of fused-ring (bicyclic) bond motifs is 1. The maximum Gasteiger partial charge on any atom is 0.303 e. The largest absolute Gasteiger partial charge is 0.481 e. The van der Waals surface area contributed by atoms with Crippen molar-refractivity contribution < 1.29 is 14.7 Å². The fourth-order valence-electron chi connectivity index (χ4n) is 2.51. The first-order chi connectivity index (χ1) is 9.13. The molecule has 1 fully saturated rings. The summed E-state index contributed by atoms with van der Waals surface area (Å²) in [7, 11) is 0. The minimum atomic E-state index is -0.857. The number of amides is 1. The van der Waals surface area contributed by atoms with Crippen molar-refractivity contribution >= 4 is 28.5 Å². The van der Waals surface area contributed by atoms with Crippen molar-refractivity contribution in [2.24, 2.45) is 5.92 Å². The molecular weight excluding hydrogens is 246 g/mol. The highest BCUT2D eigenvalue weighted by Gasteiger charge is 2.31. The van der Waals surface area contributed by atoms with E-state index in [1.165, 1.54) is 0 Å². The number of carbonyl (C=O) groups excluding carboxylic acids is 1. The van der Waals surface area contributed by atoms with Crippen LogP contribution in [0.3, 0.4) is 0 Å². The van der Waals surface area contributed by atoms with Crippen LogP contribution in [0.25, 0.3) is 10.9 Å². The predicted molar refractivity (Wildman–Crippen MR) is 68.8 cm³/mol. The van der Waals surface area contributed by atoms with Gasteiger partial charge in [-0.25, -0.2) is 0 Å². The van der Waals surface area contributed by atoms with Gasteiger partial charge in [0.25, 0.3) is 0 Å². The number of H-pyrrole nitrogens is 1. The van der Waals surface area contributed by atoms with Crippen LogP contribution in [0.4, 0.5) is 5.69 Å². The highest BCUT2D eigenvalue weighted by atomic mass is 16.4. The summed E-state index contributed by atoms with van der Waals surface area (Å²) in [5, 5.41) is 16.5. The molecule has 0 spiro atoms. The van der Waals surface area contributed by atoms with Gasteiger partial charge in [0.05, 0.1) is 18.1 Å². The van der Waals surface area contributed by atoms with E-state index in [9.17, 15) is 9.59 Å². The van der Waals surface area contributed by atoms with Crippen LogP contribution in [0.2, 0.25) is 0 Å². The molecule has 0 saturated carbocycles. The molecular formula is C13H13N3O3. The van der Waals surface area contributed by atoms with Crippen molar-refractivity contribution in [2.45, 2.75) is 12.8 Å². The summed E-state index contributed by atoms with van der Waals surface area (Å²) < 4.78 is 0. The number of nitrogens with one attached hydrogen (secondary N) is 1. The molecule has 1 aromatic heterocycles. The lowest BCUT2D eigenvalue weighted by Gasteiger charge is -2.16. The second-order valence-electron chi connectivity index (χ2n) is 4.81. The molecule has 98 valence electrons. The number of carbonyl (C=O) groups is 2. The fourth-order valence-corrected chi connectivity index (χ4v) is 2.51. The Labute approximate surface area is 109 Å². The van der Waals surface area contributed by atoms with E-state index in [4.69, 9.17) is 5.11 Å². The van der Waals surface area contributed by atoms with Crippen LogP contribution >= 0.6 is 0 Å². The Kier molecular flexibility index (Phi) is 2.70. The zero-order valence-electron chi connectivity index (χ0n) is 10.2. The summed E-state index contributed by atoms with van der Waals surface area (Å²) in [6, 6.07) is 5.61. The molecule has 0 bridgehead atoms.